The van der Waals surface area contributed by atoms with Gasteiger partial charge in [0, 0.05) is 49.6 Å². The number of benzene rings is 1. The smallest absolute Gasteiger partial charge is 0.256 e. The van der Waals surface area contributed by atoms with Crippen LogP contribution >= 0.6 is 11.6 Å². The largest absolute Gasteiger partial charge is 0.487 e. The number of tetrazole rings is 1. The molecular formula is C33H43ClN10O4. The van der Waals surface area contributed by atoms with Gasteiger partial charge in [0.15, 0.2) is 0 Å². The van der Waals surface area contributed by atoms with E-state index in [1.165, 1.54) is 0 Å². The van der Waals surface area contributed by atoms with Gasteiger partial charge in [0.25, 0.3) is 5.88 Å². The maximum absolute atomic E-state index is 6.47. The molecule has 1 aliphatic carbocycles. The molecule has 0 bridgehead atoms. The molecule has 0 spiro atoms. The number of ether oxygens (including phenoxy) is 4. The first-order valence-corrected chi connectivity index (χ1v) is 17.3. The van der Waals surface area contributed by atoms with Crippen LogP contribution in [0.2, 0.25) is 5.02 Å². The summed E-state index contributed by atoms with van der Waals surface area (Å²) in [6.45, 7) is 8.26. The second-order valence-electron chi connectivity index (χ2n) is 12.9. The number of aromatic nitrogens is 8. The molecule has 15 heteroatoms. The SMILES string of the molecule is C[C@@H](Cn1cnnn1)Oc1cc(-c2cnc(Nc3cn(C4CCC(N5CCOCC5)CC4)nc3OC[C@H]3CCCOC3)nc2)ccc1Cl. The quantitative estimate of drug-likeness (QED) is 0.220. The summed E-state index contributed by atoms with van der Waals surface area (Å²) in [5.41, 5.74) is 2.47. The molecule has 14 nitrogen and oxygen atoms in total. The molecule has 0 unspecified atom stereocenters. The lowest BCUT2D eigenvalue weighted by Gasteiger charge is -2.38. The average molecular weight is 679 g/mol. The molecule has 0 radical (unpaired) electrons. The fraction of sp³-hybridized carbons (Fsp3) is 0.576. The molecule has 1 saturated carbocycles. The summed E-state index contributed by atoms with van der Waals surface area (Å²) in [5.74, 6) is 1.94. The third-order valence-electron chi connectivity index (χ3n) is 9.34. The van der Waals surface area contributed by atoms with Gasteiger partial charge >= 0.3 is 0 Å². The van der Waals surface area contributed by atoms with Crippen molar-refractivity contribution in [2.45, 2.75) is 70.2 Å². The van der Waals surface area contributed by atoms with Crippen molar-refractivity contribution in [1.29, 1.82) is 0 Å². The van der Waals surface area contributed by atoms with Crippen LogP contribution in [0.15, 0.2) is 43.1 Å². The molecule has 2 atom stereocenters. The molecular weight excluding hydrogens is 636 g/mol. The fourth-order valence-electron chi connectivity index (χ4n) is 6.74. The number of hydrogen-bond donors (Lipinski definition) is 1. The highest BCUT2D eigenvalue weighted by Crippen LogP contribution is 2.36. The summed E-state index contributed by atoms with van der Waals surface area (Å²) < 4.78 is 27.4. The van der Waals surface area contributed by atoms with Crippen molar-refractivity contribution in [3.63, 3.8) is 0 Å². The maximum Gasteiger partial charge on any atom is 0.256 e. The van der Waals surface area contributed by atoms with Gasteiger partial charge in [0.1, 0.15) is 23.9 Å². The second kappa shape index (κ2) is 15.6. The van der Waals surface area contributed by atoms with Crippen LogP contribution in [0.25, 0.3) is 11.1 Å². The predicted molar refractivity (Wildman–Crippen MR) is 179 cm³/mol. The lowest BCUT2D eigenvalue weighted by atomic mass is 9.90. The number of nitrogens with one attached hydrogen (secondary N) is 1. The molecule has 3 aliphatic rings. The number of nitrogens with zero attached hydrogens (tertiary/aromatic N) is 9. The van der Waals surface area contributed by atoms with E-state index in [1.54, 1.807) is 23.4 Å². The Morgan fingerprint density at radius 1 is 1.00 bits per heavy atom. The summed E-state index contributed by atoms with van der Waals surface area (Å²) in [7, 11) is 0. The Kier molecular flexibility index (Phi) is 10.6. The Morgan fingerprint density at radius 3 is 2.56 bits per heavy atom. The lowest BCUT2D eigenvalue weighted by molar-refractivity contribution is 0.00498. The minimum atomic E-state index is -0.202. The molecule has 48 heavy (non-hydrogen) atoms. The van der Waals surface area contributed by atoms with Gasteiger partial charge in [-0.25, -0.2) is 14.6 Å². The minimum absolute atomic E-state index is 0.202. The molecule has 1 aromatic carbocycles. The standard InChI is InChI=1S/C33H43ClN10O4/c1-23(18-43-22-37-40-41-43)48-31-15-25(4-9-29(31)34)26-16-35-33(36-17-26)38-30-19-44(39-32(30)47-21-24-3-2-12-46-20-24)28-7-5-27(6-8-28)42-10-13-45-14-11-42/h4,9,15-17,19,22-24,27-28H,2-3,5-8,10-14,18,20-21H2,1H3,(H,35,36,38)/t23-,24-,27?,28?/m0/s1. The van der Waals surface area contributed by atoms with E-state index in [1.807, 2.05) is 31.3 Å². The van der Waals surface area contributed by atoms with Gasteiger partial charge in [0.05, 0.1) is 50.2 Å². The molecule has 256 valence electrons. The summed E-state index contributed by atoms with van der Waals surface area (Å²) in [4.78, 5) is 11.9. The van der Waals surface area contributed by atoms with Crippen LogP contribution in [0.5, 0.6) is 11.6 Å². The molecule has 4 aromatic rings. The van der Waals surface area contributed by atoms with Crippen molar-refractivity contribution >= 4 is 23.2 Å². The van der Waals surface area contributed by atoms with Crippen molar-refractivity contribution in [2.75, 3.05) is 51.4 Å². The number of halogens is 1. The topological polar surface area (TPSA) is 139 Å². The van der Waals surface area contributed by atoms with Gasteiger partial charge in [0.2, 0.25) is 5.95 Å². The summed E-state index contributed by atoms with van der Waals surface area (Å²) in [6.07, 6.45) is 13.6. The molecule has 2 saturated heterocycles. The Morgan fingerprint density at radius 2 is 1.81 bits per heavy atom. The summed E-state index contributed by atoms with van der Waals surface area (Å²) in [6, 6.07) is 6.56. The maximum atomic E-state index is 6.47. The number of rotatable bonds is 12. The first-order chi connectivity index (χ1) is 23.6. The first-order valence-electron chi connectivity index (χ1n) is 17.0. The normalized spacial score (nSPS) is 22.7. The van der Waals surface area contributed by atoms with Gasteiger partial charge in [-0.3, -0.25) is 9.58 Å². The summed E-state index contributed by atoms with van der Waals surface area (Å²) in [5, 5.41) is 20.1. The van der Waals surface area contributed by atoms with Crippen LogP contribution in [0.1, 0.15) is 51.5 Å². The molecule has 5 heterocycles. The zero-order valence-corrected chi connectivity index (χ0v) is 28.0. The van der Waals surface area contributed by atoms with Crippen LogP contribution in [0, 0.1) is 5.92 Å². The molecule has 2 aliphatic heterocycles. The van der Waals surface area contributed by atoms with Crippen molar-refractivity contribution in [3.05, 3.63) is 48.1 Å². The zero-order valence-electron chi connectivity index (χ0n) is 27.3. The average Bonchev–Trinajstić information content (AvgIpc) is 3.79. The summed E-state index contributed by atoms with van der Waals surface area (Å²) >= 11 is 6.47. The van der Waals surface area contributed by atoms with Crippen molar-refractivity contribution in [2.24, 2.45) is 5.92 Å². The van der Waals surface area contributed by atoms with E-state index in [-0.39, 0.29) is 6.10 Å². The third kappa shape index (κ3) is 8.23. The molecule has 7 rings (SSSR count). The van der Waals surface area contributed by atoms with E-state index in [2.05, 4.69) is 40.4 Å². The predicted octanol–water partition coefficient (Wildman–Crippen LogP) is 4.81. The number of morpholine rings is 1. The molecule has 0 amide bonds. The second-order valence-corrected chi connectivity index (χ2v) is 13.3. The van der Waals surface area contributed by atoms with E-state index < -0.39 is 0 Å². The van der Waals surface area contributed by atoms with E-state index in [4.69, 9.17) is 35.6 Å². The van der Waals surface area contributed by atoms with Crippen molar-refractivity contribution in [3.8, 4) is 22.8 Å². The highest BCUT2D eigenvalue weighted by Gasteiger charge is 2.29. The van der Waals surface area contributed by atoms with Gasteiger partial charge in [-0.15, -0.1) is 10.2 Å². The first kappa shape index (κ1) is 32.7. The van der Waals surface area contributed by atoms with E-state index >= 15 is 0 Å². The number of hydrogen-bond acceptors (Lipinski definition) is 12. The highest BCUT2D eigenvalue weighted by molar-refractivity contribution is 6.32. The number of anilines is 2. The van der Waals surface area contributed by atoms with Crippen LogP contribution < -0.4 is 14.8 Å². The van der Waals surface area contributed by atoms with Crippen molar-refractivity contribution in [1.82, 2.24) is 44.9 Å². The Hall–Kier alpha value is -3.85. The van der Waals surface area contributed by atoms with E-state index in [9.17, 15) is 0 Å². The monoisotopic (exact) mass is 678 g/mol. The fourth-order valence-corrected chi connectivity index (χ4v) is 6.90. The Bertz CT molecular complexity index is 1580. The third-order valence-corrected chi connectivity index (χ3v) is 9.65. The molecule has 1 N–H and O–H groups in total. The highest BCUT2D eigenvalue weighted by atomic mass is 35.5. The van der Waals surface area contributed by atoms with Gasteiger partial charge in [-0.1, -0.05) is 17.7 Å². The van der Waals surface area contributed by atoms with Crippen LogP contribution in [0.4, 0.5) is 11.6 Å². The van der Waals surface area contributed by atoms with Crippen LogP contribution in [0.3, 0.4) is 0 Å². The Balaban J connectivity index is 1.03. The van der Waals surface area contributed by atoms with Gasteiger partial charge in [-0.2, -0.15) is 0 Å². The van der Waals surface area contributed by atoms with Gasteiger partial charge < -0.3 is 24.3 Å². The van der Waals surface area contributed by atoms with Gasteiger partial charge in [-0.05, 0) is 73.6 Å². The Labute approximate surface area is 285 Å². The van der Waals surface area contributed by atoms with Crippen LogP contribution in [-0.2, 0) is 16.0 Å². The van der Waals surface area contributed by atoms with Crippen LogP contribution in [-0.4, -0.2) is 103 Å². The van der Waals surface area contributed by atoms with E-state index in [0.29, 0.717) is 53.8 Å². The van der Waals surface area contributed by atoms with Crippen molar-refractivity contribution < 1.29 is 18.9 Å². The lowest BCUT2D eigenvalue weighted by Crippen LogP contribution is -2.45. The van der Waals surface area contributed by atoms with E-state index in [0.717, 1.165) is 94.9 Å². The zero-order chi connectivity index (χ0) is 32.7. The minimum Gasteiger partial charge on any atom is -0.487 e. The molecule has 3 fully saturated rings. The molecule has 3 aromatic heterocycles.